The van der Waals surface area contributed by atoms with Gasteiger partial charge in [-0.1, -0.05) is 36.7 Å². The second-order valence-corrected chi connectivity index (χ2v) is 8.03. The molecule has 4 rings (SSSR count). The van der Waals surface area contributed by atoms with Crippen LogP contribution in [0.3, 0.4) is 0 Å². The molecule has 0 spiro atoms. The molecule has 1 aliphatic heterocycles. The topological polar surface area (TPSA) is 41.1 Å². The van der Waals surface area contributed by atoms with Gasteiger partial charge in [-0.25, -0.2) is 9.97 Å². The molecule has 1 unspecified atom stereocenters. The molecule has 1 N–H and O–H groups in total. The zero-order valence-electron chi connectivity index (χ0n) is 16.0. The molecule has 5 heteroatoms. The second kappa shape index (κ2) is 6.54. The molecule has 3 aromatic rings. The van der Waals surface area contributed by atoms with E-state index in [1.165, 1.54) is 0 Å². The highest BCUT2D eigenvalue weighted by Crippen LogP contribution is 2.37. The van der Waals surface area contributed by atoms with Gasteiger partial charge >= 0.3 is 0 Å². The van der Waals surface area contributed by atoms with Crippen LogP contribution in [0.4, 0.5) is 17.3 Å². The van der Waals surface area contributed by atoms with Gasteiger partial charge in [0.1, 0.15) is 0 Å². The maximum Gasteiger partial charge on any atom is 0.227 e. The molecule has 0 saturated carbocycles. The van der Waals surface area contributed by atoms with E-state index in [0.29, 0.717) is 16.9 Å². The van der Waals surface area contributed by atoms with Gasteiger partial charge in [0.15, 0.2) is 0 Å². The highest BCUT2D eigenvalue weighted by molar-refractivity contribution is 6.36. The fourth-order valence-electron chi connectivity index (χ4n) is 3.38. The van der Waals surface area contributed by atoms with Crippen molar-refractivity contribution in [3.63, 3.8) is 0 Å². The minimum Gasteiger partial charge on any atom is -0.342 e. The van der Waals surface area contributed by atoms with Crippen LogP contribution in [0.25, 0.3) is 10.9 Å². The summed E-state index contributed by atoms with van der Waals surface area (Å²) in [5.74, 6) is 1.05. The Hall–Kier alpha value is -2.59. The minimum atomic E-state index is 0.0483. The highest BCUT2D eigenvalue weighted by Gasteiger charge is 2.34. The number of halogens is 1. The van der Waals surface area contributed by atoms with E-state index < -0.39 is 0 Å². The first-order chi connectivity index (χ1) is 12.9. The van der Waals surface area contributed by atoms with E-state index in [2.05, 4.69) is 65.4 Å². The van der Waals surface area contributed by atoms with Gasteiger partial charge in [-0.05, 0) is 56.5 Å². The SMILES string of the molecule is Cc1ccc2nc(Nc3cccc(N4C=CC(C)C4(C)C)c3)ncc2c1Cl. The van der Waals surface area contributed by atoms with Gasteiger partial charge in [-0.15, -0.1) is 0 Å². The fraction of sp³-hybridized carbons (Fsp3) is 0.273. The Labute approximate surface area is 164 Å². The summed E-state index contributed by atoms with van der Waals surface area (Å²) in [5.41, 5.74) is 4.00. The van der Waals surface area contributed by atoms with Crippen LogP contribution in [-0.4, -0.2) is 15.5 Å². The van der Waals surface area contributed by atoms with Crippen LogP contribution in [0.1, 0.15) is 26.3 Å². The third-order valence-corrected chi connectivity index (χ3v) is 6.03. The Bertz CT molecular complexity index is 1040. The summed E-state index contributed by atoms with van der Waals surface area (Å²) in [6, 6.07) is 12.3. The molecular weight excluding hydrogens is 356 g/mol. The van der Waals surface area contributed by atoms with E-state index >= 15 is 0 Å². The highest BCUT2D eigenvalue weighted by atomic mass is 35.5. The number of nitrogens with one attached hydrogen (secondary N) is 1. The minimum absolute atomic E-state index is 0.0483. The van der Waals surface area contributed by atoms with Crippen molar-refractivity contribution in [1.82, 2.24) is 9.97 Å². The molecule has 1 aromatic heterocycles. The molecule has 2 aromatic carbocycles. The van der Waals surface area contributed by atoms with Crippen LogP contribution in [-0.2, 0) is 0 Å². The van der Waals surface area contributed by atoms with Crippen molar-refractivity contribution < 1.29 is 0 Å². The van der Waals surface area contributed by atoms with Gasteiger partial charge < -0.3 is 10.2 Å². The Balaban J connectivity index is 1.63. The lowest BCUT2D eigenvalue weighted by molar-refractivity contribution is 0.424. The van der Waals surface area contributed by atoms with Crippen molar-refractivity contribution >= 4 is 39.8 Å². The van der Waals surface area contributed by atoms with Gasteiger partial charge in [0, 0.05) is 34.7 Å². The monoisotopic (exact) mass is 378 g/mol. The van der Waals surface area contributed by atoms with Crippen molar-refractivity contribution in [3.05, 3.63) is 65.5 Å². The third kappa shape index (κ3) is 3.15. The van der Waals surface area contributed by atoms with Gasteiger partial charge in [0.05, 0.1) is 10.5 Å². The number of aryl methyl sites for hydroxylation is 1. The van der Waals surface area contributed by atoms with E-state index in [1.807, 2.05) is 31.2 Å². The maximum atomic E-state index is 6.36. The number of anilines is 3. The fourth-order valence-corrected chi connectivity index (χ4v) is 3.59. The molecule has 2 heterocycles. The molecule has 0 bridgehead atoms. The van der Waals surface area contributed by atoms with Crippen molar-refractivity contribution in [3.8, 4) is 0 Å². The predicted octanol–water partition coefficient (Wildman–Crippen LogP) is 6.08. The molecular formula is C22H23ClN4. The van der Waals surface area contributed by atoms with Crippen molar-refractivity contribution in [1.29, 1.82) is 0 Å². The molecule has 27 heavy (non-hydrogen) atoms. The number of rotatable bonds is 3. The summed E-state index contributed by atoms with van der Waals surface area (Å²) in [4.78, 5) is 11.4. The molecule has 138 valence electrons. The van der Waals surface area contributed by atoms with Crippen molar-refractivity contribution in [2.45, 2.75) is 33.2 Å². The number of benzene rings is 2. The number of hydrogen-bond acceptors (Lipinski definition) is 4. The number of fused-ring (bicyclic) bond motifs is 1. The summed E-state index contributed by atoms with van der Waals surface area (Å²) in [7, 11) is 0. The summed E-state index contributed by atoms with van der Waals surface area (Å²) in [5, 5.41) is 4.89. The van der Waals surface area contributed by atoms with Crippen LogP contribution in [0, 0.1) is 12.8 Å². The maximum absolute atomic E-state index is 6.36. The lowest BCUT2D eigenvalue weighted by Crippen LogP contribution is -2.41. The molecule has 0 amide bonds. The first kappa shape index (κ1) is 17.8. The Kier molecular flexibility index (Phi) is 4.31. The van der Waals surface area contributed by atoms with Gasteiger partial charge in [0.25, 0.3) is 0 Å². The molecule has 1 atom stereocenters. The van der Waals surface area contributed by atoms with Gasteiger partial charge in [0.2, 0.25) is 5.95 Å². The zero-order valence-corrected chi connectivity index (χ0v) is 16.7. The van der Waals surface area contributed by atoms with E-state index in [-0.39, 0.29) is 5.54 Å². The van der Waals surface area contributed by atoms with Crippen molar-refractivity contribution in [2.24, 2.45) is 5.92 Å². The van der Waals surface area contributed by atoms with Crippen LogP contribution >= 0.6 is 11.6 Å². The Morgan fingerprint density at radius 2 is 2.00 bits per heavy atom. The average molecular weight is 379 g/mol. The summed E-state index contributed by atoms with van der Waals surface area (Å²) >= 11 is 6.36. The van der Waals surface area contributed by atoms with Crippen LogP contribution < -0.4 is 10.2 Å². The standard InChI is InChI=1S/C22H23ClN4/c1-14-8-9-19-18(20(14)23)13-24-21(26-19)25-16-6-5-7-17(12-16)27-11-10-15(2)22(27,3)4/h5-13,15H,1-4H3,(H,24,25,26). The van der Waals surface area contributed by atoms with Crippen LogP contribution in [0.2, 0.25) is 5.02 Å². The second-order valence-electron chi connectivity index (χ2n) is 7.65. The number of hydrogen-bond donors (Lipinski definition) is 1. The largest absolute Gasteiger partial charge is 0.342 e. The first-order valence-corrected chi connectivity index (χ1v) is 9.50. The normalized spacial score (nSPS) is 18.3. The Morgan fingerprint density at radius 1 is 1.19 bits per heavy atom. The number of nitrogens with zero attached hydrogens (tertiary/aromatic N) is 3. The predicted molar refractivity (Wildman–Crippen MR) is 114 cm³/mol. The summed E-state index contributed by atoms with van der Waals surface area (Å²) in [6.07, 6.45) is 6.19. The van der Waals surface area contributed by atoms with Crippen molar-refractivity contribution in [2.75, 3.05) is 10.2 Å². The third-order valence-electron chi connectivity index (χ3n) is 5.53. The summed E-state index contributed by atoms with van der Waals surface area (Å²) in [6.45, 7) is 8.74. The molecule has 0 saturated heterocycles. The zero-order chi connectivity index (χ0) is 19.2. The van der Waals surface area contributed by atoms with E-state index in [9.17, 15) is 0 Å². The Morgan fingerprint density at radius 3 is 2.74 bits per heavy atom. The smallest absolute Gasteiger partial charge is 0.227 e. The average Bonchev–Trinajstić information content (AvgIpc) is 2.91. The van der Waals surface area contributed by atoms with Gasteiger partial charge in [-0.3, -0.25) is 0 Å². The molecule has 0 fully saturated rings. The quantitative estimate of drug-likeness (QED) is 0.599. The molecule has 1 aliphatic rings. The van der Waals surface area contributed by atoms with Crippen LogP contribution in [0.15, 0.2) is 54.9 Å². The van der Waals surface area contributed by atoms with Gasteiger partial charge in [-0.2, -0.15) is 0 Å². The molecule has 0 radical (unpaired) electrons. The summed E-state index contributed by atoms with van der Waals surface area (Å²) < 4.78 is 0. The first-order valence-electron chi connectivity index (χ1n) is 9.13. The number of aromatic nitrogens is 2. The molecule has 0 aliphatic carbocycles. The lowest BCUT2D eigenvalue weighted by atomic mass is 9.90. The van der Waals surface area contributed by atoms with E-state index in [0.717, 1.165) is 27.8 Å². The van der Waals surface area contributed by atoms with E-state index in [4.69, 9.17) is 11.6 Å². The van der Waals surface area contributed by atoms with E-state index in [1.54, 1.807) is 6.20 Å². The van der Waals surface area contributed by atoms with Crippen LogP contribution in [0.5, 0.6) is 0 Å². The lowest BCUT2D eigenvalue weighted by Gasteiger charge is -2.36. The molecule has 4 nitrogen and oxygen atoms in total.